The standard InChI is InChI=1S/C14H19N3O.ClH/c15-12-5-3-11(4-6-12)14-16-9-13(18-14)10-17-7-1-2-8-17;/h3-6,13H,1-2,7-10,15H2;1H/t13-;/m0./s1. The topological polar surface area (TPSA) is 50.8 Å². The van der Waals surface area contributed by atoms with Gasteiger partial charge in [-0.15, -0.1) is 12.4 Å². The summed E-state index contributed by atoms with van der Waals surface area (Å²) < 4.78 is 5.92. The molecule has 5 heteroatoms. The molecule has 0 unspecified atom stereocenters. The van der Waals surface area contributed by atoms with Crippen LogP contribution in [0.15, 0.2) is 29.3 Å². The van der Waals surface area contributed by atoms with Gasteiger partial charge in [-0.3, -0.25) is 4.90 Å². The van der Waals surface area contributed by atoms with Crippen LogP contribution in [-0.2, 0) is 4.74 Å². The molecule has 19 heavy (non-hydrogen) atoms. The number of rotatable bonds is 3. The number of halogens is 1. The second-order valence-electron chi connectivity index (χ2n) is 5.02. The van der Waals surface area contributed by atoms with Crippen LogP contribution < -0.4 is 5.73 Å². The molecule has 0 aliphatic carbocycles. The van der Waals surface area contributed by atoms with Crippen LogP contribution in [0.1, 0.15) is 18.4 Å². The summed E-state index contributed by atoms with van der Waals surface area (Å²) in [5, 5.41) is 0. The fraction of sp³-hybridized carbons (Fsp3) is 0.500. The molecular weight excluding hydrogens is 262 g/mol. The molecule has 1 fully saturated rings. The van der Waals surface area contributed by atoms with Gasteiger partial charge >= 0.3 is 0 Å². The Morgan fingerprint density at radius 3 is 2.58 bits per heavy atom. The van der Waals surface area contributed by atoms with Gasteiger partial charge in [0.25, 0.3) is 0 Å². The van der Waals surface area contributed by atoms with E-state index in [9.17, 15) is 0 Å². The number of anilines is 1. The van der Waals surface area contributed by atoms with Crippen molar-refractivity contribution in [3.63, 3.8) is 0 Å². The predicted molar refractivity (Wildman–Crippen MR) is 80.1 cm³/mol. The molecule has 4 nitrogen and oxygen atoms in total. The SMILES string of the molecule is Cl.Nc1ccc(C2=NC[C@@H](CN3CCCC3)O2)cc1. The molecule has 0 aromatic heterocycles. The quantitative estimate of drug-likeness (QED) is 0.862. The first-order valence-corrected chi connectivity index (χ1v) is 6.60. The molecule has 1 aromatic rings. The normalized spacial score (nSPS) is 22.7. The first-order valence-electron chi connectivity index (χ1n) is 6.60. The Morgan fingerprint density at radius 2 is 1.89 bits per heavy atom. The molecule has 1 aromatic carbocycles. The molecule has 2 aliphatic rings. The Hall–Kier alpha value is -1.26. The van der Waals surface area contributed by atoms with Gasteiger partial charge < -0.3 is 10.5 Å². The molecule has 0 radical (unpaired) electrons. The molecule has 104 valence electrons. The minimum atomic E-state index is 0. The average molecular weight is 282 g/mol. The lowest BCUT2D eigenvalue weighted by Crippen LogP contribution is -2.32. The fourth-order valence-corrected chi connectivity index (χ4v) is 2.55. The highest BCUT2D eigenvalue weighted by Crippen LogP contribution is 2.16. The summed E-state index contributed by atoms with van der Waals surface area (Å²) in [5.74, 6) is 0.763. The van der Waals surface area contributed by atoms with Crippen molar-refractivity contribution >= 4 is 24.0 Å². The van der Waals surface area contributed by atoms with Gasteiger partial charge in [-0.25, -0.2) is 4.99 Å². The number of benzene rings is 1. The van der Waals surface area contributed by atoms with Crippen molar-refractivity contribution in [3.8, 4) is 0 Å². The third kappa shape index (κ3) is 3.39. The number of aliphatic imine (C=N–C) groups is 1. The third-order valence-corrected chi connectivity index (χ3v) is 3.53. The van der Waals surface area contributed by atoms with E-state index in [1.165, 1.54) is 25.9 Å². The van der Waals surface area contributed by atoms with Crippen molar-refractivity contribution < 1.29 is 4.74 Å². The zero-order valence-corrected chi connectivity index (χ0v) is 11.7. The molecule has 1 saturated heterocycles. The van der Waals surface area contributed by atoms with Crippen molar-refractivity contribution in [3.05, 3.63) is 29.8 Å². The molecule has 3 rings (SSSR count). The molecule has 1 atom stereocenters. The monoisotopic (exact) mass is 281 g/mol. The van der Waals surface area contributed by atoms with Crippen LogP contribution in [0.2, 0.25) is 0 Å². The van der Waals surface area contributed by atoms with E-state index in [0.717, 1.165) is 30.2 Å². The highest BCUT2D eigenvalue weighted by Gasteiger charge is 2.24. The molecule has 0 spiro atoms. The minimum absolute atomic E-state index is 0. The predicted octanol–water partition coefficient (Wildman–Crippen LogP) is 1.93. The number of nitrogens with zero attached hydrogens (tertiary/aromatic N) is 2. The molecule has 0 amide bonds. The highest BCUT2D eigenvalue weighted by molar-refractivity contribution is 5.95. The Bertz CT molecular complexity index is 441. The van der Waals surface area contributed by atoms with E-state index in [-0.39, 0.29) is 18.5 Å². The first-order chi connectivity index (χ1) is 8.81. The van der Waals surface area contributed by atoms with Gasteiger partial charge in [0, 0.05) is 17.8 Å². The number of ether oxygens (including phenoxy) is 1. The number of nitrogens with two attached hydrogens (primary N) is 1. The summed E-state index contributed by atoms with van der Waals surface area (Å²) in [5.41, 5.74) is 7.46. The Balaban J connectivity index is 0.00000133. The number of likely N-dealkylation sites (tertiary alicyclic amines) is 1. The van der Waals surface area contributed by atoms with Gasteiger partial charge in [0.1, 0.15) is 6.10 Å². The zero-order chi connectivity index (χ0) is 12.4. The van der Waals surface area contributed by atoms with E-state index in [0.29, 0.717) is 0 Å². The van der Waals surface area contributed by atoms with Gasteiger partial charge in [-0.05, 0) is 50.2 Å². The van der Waals surface area contributed by atoms with Crippen molar-refractivity contribution in [2.24, 2.45) is 4.99 Å². The first kappa shape index (κ1) is 14.2. The van der Waals surface area contributed by atoms with Crippen LogP contribution >= 0.6 is 12.4 Å². The van der Waals surface area contributed by atoms with Gasteiger partial charge in [0.05, 0.1) is 6.54 Å². The van der Waals surface area contributed by atoms with E-state index >= 15 is 0 Å². The molecule has 0 saturated carbocycles. The van der Waals surface area contributed by atoms with Crippen molar-refractivity contribution in [2.45, 2.75) is 18.9 Å². The summed E-state index contributed by atoms with van der Waals surface area (Å²) in [6.07, 6.45) is 2.85. The van der Waals surface area contributed by atoms with Gasteiger partial charge in [-0.2, -0.15) is 0 Å². The smallest absolute Gasteiger partial charge is 0.216 e. The highest BCUT2D eigenvalue weighted by atomic mass is 35.5. The van der Waals surface area contributed by atoms with E-state index in [1.54, 1.807) is 0 Å². The molecule has 2 N–H and O–H groups in total. The van der Waals surface area contributed by atoms with Crippen LogP contribution in [-0.4, -0.2) is 43.1 Å². The Kier molecular flexibility index (Phi) is 4.66. The maximum absolute atomic E-state index is 5.92. The van der Waals surface area contributed by atoms with E-state index in [4.69, 9.17) is 10.5 Å². The largest absolute Gasteiger partial charge is 0.471 e. The summed E-state index contributed by atoms with van der Waals surface area (Å²) in [6, 6.07) is 7.70. The second-order valence-corrected chi connectivity index (χ2v) is 5.02. The molecular formula is C14H20ClN3O. The number of hydrogen-bond acceptors (Lipinski definition) is 4. The Morgan fingerprint density at radius 1 is 1.21 bits per heavy atom. The lowest BCUT2D eigenvalue weighted by Gasteiger charge is -2.19. The van der Waals surface area contributed by atoms with Crippen LogP contribution in [0, 0.1) is 0 Å². The summed E-state index contributed by atoms with van der Waals surface area (Å²) in [6.45, 7) is 4.19. The van der Waals surface area contributed by atoms with Crippen LogP contribution in [0.3, 0.4) is 0 Å². The van der Waals surface area contributed by atoms with Crippen LogP contribution in [0.4, 0.5) is 5.69 Å². The van der Waals surface area contributed by atoms with Crippen LogP contribution in [0.5, 0.6) is 0 Å². The summed E-state index contributed by atoms with van der Waals surface area (Å²) in [4.78, 5) is 6.95. The van der Waals surface area contributed by atoms with E-state index in [1.807, 2.05) is 24.3 Å². The maximum atomic E-state index is 5.92. The van der Waals surface area contributed by atoms with Crippen molar-refractivity contribution in [2.75, 3.05) is 31.9 Å². The van der Waals surface area contributed by atoms with Crippen LogP contribution in [0.25, 0.3) is 0 Å². The van der Waals surface area contributed by atoms with Gasteiger partial charge in [0.15, 0.2) is 0 Å². The van der Waals surface area contributed by atoms with Gasteiger partial charge in [-0.1, -0.05) is 0 Å². The van der Waals surface area contributed by atoms with Crippen molar-refractivity contribution in [1.29, 1.82) is 0 Å². The van der Waals surface area contributed by atoms with E-state index in [2.05, 4.69) is 9.89 Å². The summed E-state index contributed by atoms with van der Waals surface area (Å²) >= 11 is 0. The lowest BCUT2D eigenvalue weighted by molar-refractivity contribution is 0.163. The maximum Gasteiger partial charge on any atom is 0.216 e. The third-order valence-electron chi connectivity index (χ3n) is 3.53. The lowest BCUT2D eigenvalue weighted by atomic mass is 10.2. The van der Waals surface area contributed by atoms with E-state index < -0.39 is 0 Å². The van der Waals surface area contributed by atoms with Crippen molar-refractivity contribution in [1.82, 2.24) is 4.90 Å². The number of hydrogen-bond donors (Lipinski definition) is 1. The Labute approximate surface area is 120 Å². The zero-order valence-electron chi connectivity index (χ0n) is 10.9. The number of nitrogen functional groups attached to an aromatic ring is 1. The molecule has 2 heterocycles. The summed E-state index contributed by atoms with van der Waals surface area (Å²) in [7, 11) is 0. The van der Waals surface area contributed by atoms with Gasteiger partial charge in [0.2, 0.25) is 5.90 Å². The molecule has 0 bridgehead atoms. The fourth-order valence-electron chi connectivity index (χ4n) is 2.55. The average Bonchev–Trinajstić information content (AvgIpc) is 3.02. The minimum Gasteiger partial charge on any atom is -0.471 e. The second kappa shape index (κ2) is 6.26. The molecule has 2 aliphatic heterocycles.